The number of rotatable bonds is 6. The normalized spacial score (nSPS) is 11.6. The van der Waals surface area contributed by atoms with E-state index in [1.54, 1.807) is 19.2 Å². The average molecular weight is 379 g/mol. The van der Waals surface area contributed by atoms with Crippen molar-refractivity contribution < 1.29 is 9.47 Å². The molecule has 0 aliphatic rings. The minimum Gasteiger partial charge on any atom is -0.495 e. The minimum atomic E-state index is 0.0512. The van der Waals surface area contributed by atoms with Crippen molar-refractivity contribution in [3.05, 3.63) is 52.5 Å². The van der Waals surface area contributed by atoms with Crippen molar-refractivity contribution in [2.45, 2.75) is 26.8 Å². The van der Waals surface area contributed by atoms with E-state index >= 15 is 0 Å². The van der Waals surface area contributed by atoms with Gasteiger partial charge in [0, 0.05) is 5.69 Å². The Morgan fingerprint density at radius 2 is 1.92 bits per heavy atom. The van der Waals surface area contributed by atoms with Crippen LogP contribution in [0.5, 0.6) is 11.5 Å². The average Bonchev–Trinajstić information content (AvgIpc) is 2.56. The third-order valence-electron chi connectivity index (χ3n) is 3.77. The molecule has 134 valence electrons. The SMILES string of the molecule is COc1ccc(NC(=S)N[C@H](C)COc2ccc(C)c(C)c2)cc1Cl. The van der Waals surface area contributed by atoms with Gasteiger partial charge in [0.2, 0.25) is 0 Å². The molecule has 2 N–H and O–H groups in total. The third-order valence-corrected chi connectivity index (χ3v) is 4.28. The molecule has 0 fully saturated rings. The van der Waals surface area contributed by atoms with Crippen LogP contribution in [0.15, 0.2) is 36.4 Å². The molecule has 0 amide bonds. The number of thiocarbonyl (C=S) groups is 1. The number of benzene rings is 2. The summed E-state index contributed by atoms with van der Waals surface area (Å²) in [7, 11) is 1.58. The highest BCUT2D eigenvalue weighted by molar-refractivity contribution is 7.80. The molecule has 0 saturated heterocycles. The smallest absolute Gasteiger partial charge is 0.171 e. The fourth-order valence-corrected chi connectivity index (χ4v) is 2.78. The van der Waals surface area contributed by atoms with E-state index in [2.05, 4.69) is 30.5 Å². The number of hydrogen-bond acceptors (Lipinski definition) is 3. The first-order chi connectivity index (χ1) is 11.9. The third kappa shape index (κ3) is 5.80. The van der Waals surface area contributed by atoms with Crippen LogP contribution in [0.3, 0.4) is 0 Å². The van der Waals surface area contributed by atoms with Crippen molar-refractivity contribution in [1.29, 1.82) is 0 Å². The van der Waals surface area contributed by atoms with Gasteiger partial charge in [-0.3, -0.25) is 0 Å². The van der Waals surface area contributed by atoms with Gasteiger partial charge in [-0.15, -0.1) is 0 Å². The van der Waals surface area contributed by atoms with Crippen molar-refractivity contribution >= 4 is 34.6 Å². The summed E-state index contributed by atoms with van der Waals surface area (Å²) < 4.78 is 11.0. The second kappa shape index (κ2) is 8.92. The number of ether oxygens (including phenoxy) is 2. The number of halogens is 1. The Bertz CT molecular complexity index is 752. The Labute approximate surface area is 159 Å². The molecule has 0 aromatic heterocycles. The van der Waals surface area contributed by atoms with Gasteiger partial charge in [-0.1, -0.05) is 17.7 Å². The molecule has 1 atom stereocenters. The molecule has 2 rings (SSSR count). The number of hydrogen-bond donors (Lipinski definition) is 2. The van der Waals surface area contributed by atoms with E-state index in [0.29, 0.717) is 22.5 Å². The van der Waals surface area contributed by atoms with Crippen LogP contribution in [0.1, 0.15) is 18.1 Å². The van der Waals surface area contributed by atoms with Gasteiger partial charge in [0.15, 0.2) is 5.11 Å². The molecule has 0 aliphatic carbocycles. The van der Waals surface area contributed by atoms with Crippen LogP contribution < -0.4 is 20.1 Å². The van der Waals surface area contributed by atoms with Crippen LogP contribution in [0.4, 0.5) is 5.69 Å². The Balaban J connectivity index is 1.83. The van der Waals surface area contributed by atoms with Gasteiger partial charge < -0.3 is 20.1 Å². The predicted octanol–water partition coefficient (Wildman–Crippen LogP) is 4.72. The Morgan fingerprint density at radius 1 is 1.16 bits per heavy atom. The monoisotopic (exact) mass is 378 g/mol. The van der Waals surface area contributed by atoms with Crippen molar-refractivity contribution in [3.63, 3.8) is 0 Å². The fraction of sp³-hybridized carbons (Fsp3) is 0.316. The molecule has 2 aromatic carbocycles. The standard InChI is InChI=1S/C19H23ClN2O2S/c1-12-5-7-16(9-13(12)2)24-11-14(3)21-19(25)22-15-6-8-18(23-4)17(20)10-15/h5-10,14H,11H2,1-4H3,(H2,21,22,25)/t14-/m1/s1. The Hall–Kier alpha value is -1.98. The predicted molar refractivity (Wildman–Crippen MR) is 108 cm³/mol. The van der Waals surface area contributed by atoms with Crippen molar-refractivity contribution in [1.82, 2.24) is 5.32 Å². The number of anilines is 1. The van der Waals surface area contributed by atoms with Gasteiger partial charge in [-0.25, -0.2) is 0 Å². The van der Waals surface area contributed by atoms with Crippen LogP contribution in [-0.4, -0.2) is 24.9 Å². The summed E-state index contributed by atoms with van der Waals surface area (Å²) in [6, 6.07) is 11.5. The van der Waals surface area contributed by atoms with E-state index in [9.17, 15) is 0 Å². The molecule has 0 saturated carbocycles. The summed E-state index contributed by atoms with van der Waals surface area (Å²) in [6.07, 6.45) is 0. The van der Waals surface area contributed by atoms with Crippen molar-refractivity contribution in [2.75, 3.05) is 19.0 Å². The maximum absolute atomic E-state index is 6.11. The van der Waals surface area contributed by atoms with Crippen LogP contribution in [0.25, 0.3) is 0 Å². The second-order valence-electron chi connectivity index (χ2n) is 5.91. The molecular weight excluding hydrogens is 356 g/mol. The topological polar surface area (TPSA) is 42.5 Å². The van der Waals surface area contributed by atoms with E-state index < -0.39 is 0 Å². The van der Waals surface area contributed by atoms with Gasteiger partial charge in [0.05, 0.1) is 18.2 Å². The summed E-state index contributed by atoms with van der Waals surface area (Å²) in [5, 5.41) is 7.34. The zero-order valence-electron chi connectivity index (χ0n) is 14.9. The molecule has 6 heteroatoms. The lowest BCUT2D eigenvalue weighted by Crippen LogP contribution is -2.39. The number of methoxy groups -OCH3 is 1. The lowest BCUT2D eigenvalue weighted by molar-refractivity contribution is 0.287. The number of nitrogens with one attached hydrogen (secondary N) is 2. The van der Waals surface area contributed by atoms with Crippen molar-refractivity contribution in [3.8, 4) is 11.5 Å². The Kier molecular flexibility index (Phi) is 6.91. The van der Waals surface area contributed by atoms with Gasteiger partial charge in [0.1, 0.15) is 18.1 Å². The van der Waals surface area contributed by atoms with E-state index in [0.717, 1.165) is 11.4 Å². The molecular formula is C19H23ClN2O2S. The summed E-state index contributed by atoms with van der Waals surface area (Å²) in [4.78, 5) is 0. The quantitative estimate of drug-likeness (QED) is 0.712. The highest BCUT2D eigenvalue weighted by Crippen LogP contribution is 2.27. The molecule has 0 aliphatic heterocycles. The number of aryl methyl sites for hydroxylation is 2. The Morgan fingerprint density at radius 3 is 2.56 bits per heavy atom. The van der Waals surface area contributed by atoms with E-state index in [1.165, 1.54) is 11.1 Å². The first-order valence-corrected chi connectivity index (χ1v) is 8.78. The maximum Gasteiger partial charge on any atom is 0.171 e. The van der Waals surface area contributed by atoms with Crippen LogP contribution in [0, 0.1) is 13.8 Å². The van der Waals surface area contributed by atoms with Gasteiger partial charge in [-0.2, -0.15) is 0 Å². The first kappa shape index (κ1) is 19.3. The van der Waals surface area contributed by atoms with Crippen molar-refractivity contribution in [2.24, 2.45) is 0 Å². The molecule has 4 nitrogen and oxygen atoms in total. The molecule has 0 heterocycles. The van der Waals surface area contributed by atoms with Crippen LogP contribution in [0.2, 0.25) is 5.02 Å². The maximum atomic E-state index is 6.11. The van der Waals surface area contributed by atoms with Gasteiger partial charge >= 0.3 is 0 Å². The lowest BCUT2D eigenvalue weighted by Gasteiger charge is -2.18. The summed E-state index contributed by atoms with van der Waals surface area (Å²) in [5.74, 6) is 1.49. The zero-order chi connectivity index (χ0) is 18.4. The summed E-state index contributed by atoms with van der Waals surface area (Å²) >= 11 is 11.4. The van der Waals surface area contributed by atoms with Crippen LogP contribution in [-0.2, 0) is 0 Å². The molecule has 2 aromatic rings. The highest BCUT2D eigenvalue weighted by Gasteiger charge is 2.08. The molecule has 0 unspecified atom stereocenters. The fourth-order valence-electron chi connectivity index (χ4n) is 2.20. The van der Waals surface area contributed by atoms with E-state index in [4.69, 9.17) is 33.3 Å². The molecule has 25 heavy (non-hydrogen) atoms. The minimum absolute atomic E-state index is 0.0512. The van der Waals surface area contributed by atoms with Gasteiger partial charge in [-0.05, 0) is 74.4 Å². The van der Waals surface area contributed by atoms with Crippen LogP contribution >= 0.6 is 23.8 Å². The second-order valence-corrected chi connectivity index (χ2v) is 6.72. The lowest BCUT2D eigenvalue weighted by atomic mass is 10.1. The molecule has 0 spiro atoms. The summed E-state index contributed by atoms with van der Waals surface area (Å²) in [6.45, 7) is 6.67. The summed E-state index contributed by atoms with van der Waals surface area (Å²) in [5.41, 5.74) is 3.26. The first-order valence-electron chi connectivity index (χ1n) is 8.00. The van der Waals surface area contributed by atoms with E-state index in [1.807, 2.05) is 25.1 Å². The van der Waals surface area contributed by atoms with Gasteiger partial charge in [0.25, 0.3) is 0 Å². The highest BCUT2D eigenvalue weighted by atomic mass is 35.5. The zero-order valence-corrected chi connectivity index (χ0v) is 16.4. The largest absolute Gasteiger partial charge is 0.495 e. The van der Waals surface area contributed by atoms with E-state index in [-0.39, 0.29) is 6.04 Å². The molecule has 0 bridgehead atoms. The molecule has 0 radical (unpaired) electrons.